The maximum atomic E-state index is 13.1. The van der Waals surface area contributed by atoms with Crippen molar-refractivity contribution in [3.05, 3.63) is 29.2 Å². The van der Waals surface area contributed by atoms with Crippen LogP contribution in [0.2, 0.25) is 0 Å². The molecule has 1 fully saturated rings. The van der Waals surface area contributed by atoms with Gasteiger partial charge in [-0.1, -0.05) is 0 Å². The zero-order valence-corrected chi connectivity index (χ0v) is 9.97. The largest absolute Gasteiger partial charge is 0.629 e. The summed E-state index contributed by atoms with van der Waals surface area (Å²) in [7, 11) is 1.37. The Kier molecular flexibility index (Phi) is 3.82. The van der Waals surface area contributed by atoms with Gasteiger partial charge in [-0.2, -0.15) is 0 Å². The molecule has 2 rings (SSSR count). The van der Waals surface area contributed by atoms with Crippen LogP contribution in [-0.4, -0.2) is 35.6 Å². The maximum Gasteiger partial charge on any atom is 0.183 e. The van der Waals surface area contributed by atoms with Crippen LogP contribution in [0, 0.1) is 11.0 Å². The topological polar surface area (TPSA) is 77.2 Å². The van der Waals surface area contributed by atoms with Gasteiger partial charge < -0.3 is 25.2 Å². The average molecular weight is 257 g/mol. The van der Waals surface area contributed by atoms with Crippen LogP contribution < -0.4 is 9.80 Å². The number of nitrogens with one attached hydrogen (secondary N) is 1. The van der Waals surface area contributed by atoms with E-state index >= 15 is 0 Å². The Morgan fingerprint density at radius 2 is 1.94 bits per heavy atom. The third-order valence-corrected chi connectivity index (χ3v) is 3.07. The fraction of sp³-hybridized carbons (Fsp3) is 0.500. The highest BCUT2D eigenvalue weighted by atomic mass is 19.1. The molecule has 1 aromatic carbocycles. The first kappa shape index (κ1) is 13.2. The monoisotopic (exact) mass is 257 g/mol. The van der Waals surface area contributed by atoms with E-state index in [-0.39, 0.29) is 23.7 Å². The molecule has 18 heavy (non-hydrogen) atoms. The second-order valence-corrected chi connectivity index (χ2v) is 4.54. The van der Waals surface area contributed by atoms with Gasteiger partial charge in [0.1, 0.15) is 11.9 Å². The van der Waals surface area contributed by atoms with Crippen LogP contribution in [0.1, 0.15) is 12.8 Å². The van der Waals surface area contributed by atoms with E-state index in [2.05, 4.69) is 0 Å². The number of ether oxygens (including phenoxy) is 1. The van der Waals surface area contributed by atoms with Crippen LogP contribution in [0.25, 0.3) is 0 Å². The molecule has 6 heteroatoms. The van der Waals surface area contributed by atoms with E-state index in [4.69, 9.17) is 4.74 Å². The van der Waals surface area contributed by atoms with Crippen molar-refractivity contribution in [2.75, 3.05) is 7.05 Å². The molecule has 1 aliphatic carbocycles. The lowest BCUT2D eigenvalue weighted by Gasteiger charge is -2.21. The van der Waals surface area contributed by atoms with E-state index in [9.17, 15) is 19.8 Å². The molecule has 1 saturated carbocycles. The zero-order valence-electron chi connectivity index (χ0n) is 9.97. The third-order valence-electron chi connectivity index (χ3n) is 3.07. The van der Waals surface area contributed by atoms with Crippen LogP contribution in [0.5, 0.6) is 5.75 Å². The van der Waals surface area contributed by atoms with E-state index in [1.807, 2.05) is 0 Å². The number of aliphatic hydroxyl groups is 2. The van der Waals surface area contributed by atoms with Gasteiger partial charge >= 0.3 is 0 Å². The van der Waals surface area contributed by atoms with Crippen molar-refractivity contribution in [1.82, 2.24) is 0 Å². The standard InChI is InChI=1S/C12H16FNO4/c1-14(17)9-3-2-7(13)4-12(9)18-8-5-10(15)11(16)6-8/h2-4,8,10-11,14-16H,5-6H2,1H3/t8?,10-,11+. The van der Waals surface area contributed by atoms with Crippen LogP contribution in [0.4, 0.5) is 10.1 Å². The van der Waals surface area contributed by atoms with Crippen molar-refractivity contribution in [1.29, 1.82) is 0 Å². The van der Waals surface area contributed by atoms with Crippen molar-refractivity contribution >= 4 is 5.69 Å². The summed E-state index contributed by atoms with van der Waals surface area (Å²) in [5.41, 5.74) is 0.298. The number of quaternary nitrogens is 1. The van der Waals surface area contributed by atoms with Gasteiger partial charge in [0.15, 0.2) is 11.4 Å². The molecule has 1 aliphatic rings. The number of rotatable bonds is 3. The quantitative estimate of drug-likeness (QED) is 0.652. The molecule has 0 spiro atoms. The predicted octanol–water partition coefficient (Wildman–Crippen LogP) is -0.267. The summed E-state index contributed by atoms with van der Waals surface area (Å²) in [6, 6.07) is 3.71. The van der Waals surface area contributed by atoms with Crippen molar-refractivity contribution in [3.8, 4) is 5.75 Å². The third kappa shape index (κ3) is 2.78. The average Bonchev–Trinajstić information content (AvgIpc) is 2.57. The van der Waals surface area contributed by atoms with Gasteiger partial charge in [-0.3, -0.25) is 0 Å². The molecule has 2 unspecified atom stereocenters. The predicted molar refractivity (Wildman–Crippen MR) is 62.0 cm³/mol. The molecule has 0 radical (unpaired) electrons. The SMILES string of the molecule is C[NH+]([O-])c1ccc(F)cc1OC1C[C@@H](O)[C@@H](O)C1. The van der Waals surface area contributed by atoms with E-state index in [1.54, 1.807) is 0 Å². The first-order chi connectivity index (χ1) is 8.47. The van der Waals surface area contributed by atoms with Crippen LogP contribution in [-0.2, 0) is 0 Å². The lowest BCUT2D eigenvalue weighted by Crippen LogP contribution is -2.98. The highest BCUT2D eigenvalue weighted by molar-refractivity contribution is 5.46. The molecular weight excluding hydrogens is 241 g/mol. The number of hydroxylamine groups is 1. The minimum Gasteiger partial charge on any atom is -0.629 e. The number of aliphatic hydroxyl groups excluding tert-OH is 2. The molecular formula is C12H16FNO4. The number of benzene rings is 1. The second-order valence-electron chi connectivity index (χ2n) is 4.54. The Balaban J connectivity index is 2.15. The molecule has 0 amide bonds. The highest BCUT2D eigenvalue weighted by Crippen LogP contribution is 2.29. The fourth-order valence-electron chi connectivity index (χ4n) is 2.11. The summed E-state index contributed by atoms with van der Waals surface area (Å²) in [5.74, 6) is -0.331. The van der Waals surface area contributed by atoms with Gasteiger partial charge in [0.05, 0.1) is 19.3 Å². The molecule has 0 aromatic heterocycles. The molecule has 0 bridgehead atoms. The number of hydrogen-bond acceptors (Lipinski definition) is 4. The van der Waals surface area contributed by atoms with Gasteiger partial charge in [0.25, 0.3) is 0 Å². The number of halogens is 1. The summed E-state index contributed by atoms with van der Waals surface area (Å²) >= 11 is 0. The van der Waals surface area contributed by atoms with E-state index in [0.29, 0.717) is 5.69 Å². The van der Waals surface area contributed by atoms with Crippen molar-refractivity contribution < 1.29 is 24.4 Å². The van der Waals surface area contributed by atoms with Crippen LogP contribution >= 0.6 is 0 Å². The molecule has 3 N–H and O–H groups in total. The smallest absolute Gasteiger partial charge is 0.183 e. The minimum absolute atomic E-state index is 0.161. The van der Waals surface area contributed by atoms with Gasteiger partial charge in [-0.05, 0) is 6.07 Å². The molecule has 0 aliphatic heterocycles. The van der Waals surface area contributed by atoms with Crippen molar-refractivity contribution in [3.63, 3.8) is 0 Å². The van der Waals surface area contributed by atoms with Gasteiger partial charge in [-0.25, -0.2) is 4.39 Å². The summed E-state index contributed by atoms with van der Waals surface area (Å²) in [6.07, 6.45) is -1.52. The van der Waals surface area contributed by atoms with Crippen molar-refractivity contribution in [2.24, 2.45) is 0 Å². The Labute approximate surface area is 104 Å². The lowest BCUT2D eigenvalue weighted by molar-refractivity contribution is -0.751. The molecule has 100 valence electrons. The number of hydrogen-bond donors (Lipinski definition) is 3. The minimum atomic E-state index is -0.829. The first-order valence-electron chi connectivity index (χ1n) is 5.80. The maximum absolute atomic E-state index is 13.1. The second kappa shape index (κ2) is 5.19. The van der Waals surface area contributed by atoms with E-state index in [1.165, 1.54) is 19.2 Å². The Hall–Kier alpha value is -1.21. The lowest BCUT2D eigenvalue weighted by atomic mass is 10.2. The Bertz CT molecular complexity index is 417. The summed E-state index contributed by atoms with van der Waals surface area (Å²) in [4.78, 5) is 0. The normalized spacial score (nSPS) is 29.3. The molecule has 0 saturated heterocycles. The molecule has 4 atom stereocenters. The summed E-state index contributed by atoms with van der Waals surface area (Å²) in [6.45, 7) is 0. The van der Waals surface area contributed by atoms with E-state index in [0.717, 1.165) is 6.07 Å². The van der Waals surface area contributed by atoms with Crippen molar-refractivity contribution in [2.45, 2.75) is 31.2 Å². The molecule has 0 heterocycles. The first-order valence-corrected chi connectivity index (χ1v) is 5.80. The van der Waals surface area contributed by atoms with Crippen LogP contribution in [0.15, 0.2) is 18.2 Å². The van der Waals surface area contributed by atoms with E-state index < -0.39 is 24.1 Å². The Morgan fingerprint density at radius 1 is 1.33 bits per heavy atom. The molecule has 5 nitrogen and oxygen atoms in total. The summed E-state index contributed by atoms with van der Waals surface area (Å²) in [5, 5.41) is 30.0. The van der Waals surface area contributed by atoms with Crippen LogP contribution in [0.3, 0.4) is 0 Å². The van der Waals surface area contributed by atoms with Gasteiger partial charge in [0, 0.05) is 25.0 Å². The fourth-order valence-corrected chi connectivity index (χ4v) is 2.11. The zero-order chi connectivity index (χ0) is 13.3. The Morgan fingerprint density at radius 3 is 2.50 bits per heavy atom. The van der Waals surface area contributed by atoms with Gasteiger partial charge in [-0.15, -0.1) is 0 Å². The van der Waals surface area contributed by atoms with Gasteiger partial charge in [0.2, 0.25) is 0 Å². The summed E-state index contributed by atoms with van der Waals surface area (Å²) < 4.78 is 18.7. The molecule has 1 aromatic rings. The highest BCUT2D eigenvalue weighted by Gasteiger charge is 2.33.